The lowest BCUT2D eigenvalue weighted by Crippen LogP contribution is -2.05. The molecule has 0 atom stereocenters. The molecule has 0 N–H and O–H groups in total. The van der Waals surface area contributed by atoms with Crippen LogP contribution in [0.25, 0.3) is 0 Å². The van der Waals surface area contributed by atoms with Gasteiger partial charge in [-0.15, -0.1) is 0 Å². The van der Waals surface area contributed by atoms with Gasteiger partial charge in [-0.3, -0.25) is 4.79 Å². The Labute approximate surface area is 109 Å². The molecule has 1 aliphatic carbocycles. The molecule has 1 aromatic rings. The Bertz CT molecular complexity index is 581. The van der Waals surface area contributed by atoms with E-state index < -0.39 is 5.97 Å². The summed E-state index contributed by atoms with van der Waals surface area (Å²) in [5, 5.41) is 3.65. The first-order chi connectivity index (χ1) is 9.19. The minimum Gasteiger partial charge on any atom is -0.497 e. The molecule has 96 valence electrons. The van der Waals surface area contributed by atoms with Gasteiger partial charge in [-0.1, -0.05) is 11.2 Å². The second kappa shape index (κ2) is 5.77. The fourth-order valence-electron chi connectivity index (χ4n) is 1.40. The van der Waals surface area contributed by atoms with Crippen molar-refractivity contribution in [2.75, 3.05) is 7.11 Å². The van der Waals surface area contributed by atoms with Gasteiger partial charge in [-0.05, 0) is 42.5 Å². The molecule has 0 fully saturated rings. The van der Waals surface area contributed by atoms with E-state index in [2.05, 4.69) is 5.16 Å². The van der Waals surface area contributed by atoms with Gasteiger partial charge in [0.25, 0.3) is 0 Å². The van der Waals surface area contributed by atoms with Crippen LogP contribution < -0.4 is 4.74 Å². The van der Waals surface area contributed by atoms with E-state index in [1.165, 1.54) is 31.4 Å². The molecule has 0 heterocycles. The second-order valence-electron chi connectivity index (χ2n) is 3.70. The number of rotatable bonds is 3. The Morgan fingerprint density at radius 3 is 2.58 bits per heavy atom. The van der Waals surface area contributed by atoms with Crippen molar-refractivity contribution in [3.05, 3.63) is 54.1 Å². The topological polar surface area (TPSA) is 65.0 Å². The minimum absolute atomic E-state index is 0.127. The Kier molecular flexibility index (Phi) is 3.87. The van der Waals surface area contributed by atoms with Crippen LogP contribution in [0.4, 0.5) is 0 Å². The van der Waals surface area contributed by atoms with E-state index in [1.807, 2.05) is 0 Å². The highest BCUT2D eigenvalue weighted by molar-refractivity contribution is 6.16. The summed E-state index contributed by atoms with van der Waals surface area (Å²) in [6.45, 7) is 0. The van der Waals surface area contributed by atoms with Crippen molar-refractivity contribution < 1.29 is 19.2 Å². The molecule has 1 aliphatic rings. The summed E-state index contributed by atoms with van der Waals surface area (Å²) in [6, 6.07) is 6.56. The Hall–Kier alpha value is -2.69. The molecule has 19 heavy (non-hydrogen) atoms. The van der Waals surface area contributed by atoms with Crippen molar-refractivity contribution in [1.29, 1.82) is 0 Å². The molecular formula is C14H11NO4. The van der Waals surface area contributed by atoms with Crippen molar-refractivity contribution in [2.45, 2.75) is 0 Å². The molecule has 0 spiro atoms. The number of nitrogens with zero attached hydrogens (tertiary/aromatic N) is 1. The smallest absolute Gasteiger partial charge is 0.365 e. The number of ketones is 1. The largest absolute Gasteiger partial charge is 0.497 e. The summed E-state index contributed by atoms with van der Waals surface area (Å²) >= 11 is 0. The highest BCUT2D eigenvalue weighted by atomic mass is 16.7. The van der Waals surface area contributed by atoms with E-state index in [4.69, 9.17) is 9.57 Å². The molecule has 0 aromatic heterocycles. The zero-order chi connectivity index (χ0) is 13.7. The first-order valence-electron chi connectivity index (χ1n) is 5.52. The molecule has 1 aromatic carbocycles. The molecule has 0 radical (unpaired) electrons. The van der Waals surface area contributed by atoms with Crippen LogP contribution in [0, 0.1) is 0 Å². The molecule has 0 bridgehead atoms. The van der Waals surface area contributed by atoms with Gasteiger partial charge < -0.3 is 9.57 Å². The second-order valence-corrected chi connectivity index (χ2v) is 3.70. The number of ether oxygens (including phenoxy) is 1. The predicted molar refractivity (Wildman–Crippen MR) is 69.1 cm³/mol. The molecule has 0 aliphatic heterocycles. The van der Waals surface area contributed by atoms with Crippen LogP contribution in [0.5, 0.6) is 5.75 Å². The molecule has 0 saturated carbocycles. The fourth-order valence-corrected chi connectivity index (χ4v) is 1.40. The Balaban J connectivity index is 2.05. The number of hydrogen-bond acceptors (Lipinski definition) is 5. The summed E-state index contributed by atoms with van der Waals surface area (Å²) in [6.07, 6.45) is 5.64. The normalized spacial score (nSPS) is 13.3. The van der Waals surface area contributed by atoms with Gasteiger partial charge in [0.15, 0.2) is 5.78 Å². The molecule has 0 unspecified atom stereocenters. The average molecular weight is 257 g/mol. The maximum absolute atomic E-state index is 11.7. The third-order valence-corrected chi connectivity index (χ3v) is 2.38. The van der Waals surface area contributed by atoms with Gasteiger partial charge in [0.2, 0.25) is 0 Å². The minimum atomic E-state index is -0.592. The molecule has 5 heteroatoms. The van der Waals surface area contributed by atoms with Crippen LogP contribution in [-0.2, 0) is 9.63 Å². The van der Waals surface area contributed by atoms with E-state index in [1.54, 1.807) is 24.3 Å². The summed E-state index contributed by atoms with van der Waals surface area (Å²) in [7, 11) is 1.51. The zero-order valence-electron chi connectivity index (χ0n) is 10.2. The van der Waals surface area contributed by atoms with E-state index in [0.29, 0.717) is 17.0 Å². The van der Waals surface area contributed by atoms with Gasteiger partial charge in [0.1, 0.15) is 11.5 Å². The van der Waals surface area contributed by atoms with Crippen LogP contribution in [0.1, 0.15) is 10.4 Å². The number of allylic oxidation sites excluding steroid dienone is 4. The zero-order valence-corrected chi connectivity index (χ0v) is 10.2. The molecule has 2 rings (SSSR count). The molecule has 0 saturated heterocycles. The predicted octanol–water partition coefficient (Wildman–Crippen LogP) is 1.90. The molecule has 0 amide bonds. The summed E-state index contributed by atoms with van der Waals surface area (Å²) in [5.74, 6) is -0.159. The van der Waals surface area contributed by atoms with Crippen molar-refractivity contribution >= 4 is 17.5 Å². The maximum Gasteiger partial charge on any atom is 0.365 e. The monoisotopic (exact) mass is 257 g/mol. The maximum atomic E-state index is 11.7. The van der Waals surface area contributed by atoms with Gasteiger partial charge >= 0.3 is 5.97 Å². The number of carbonyl (C=O) groups is 2. The summed E-state index contributed by atoms with van der Waals surface area (Å²) in [4.78, 5) is 27.4. The first-order valence-corrected chi connectivity index (χ1v) is 5.52. The van der Waals surface area contributed by atoms with Crippen LogP contribution in [0.2, 0.25) is 0 Å². The lowest BCUT2D eigenvalue weighted by atomic mass is 10.2. The van der Waals surface area contributed by atoms with Crippen LogP contribution >= 0.6 is 0 Å². The van der Waals surface area contributed by atoms with Crippen molar-refractivity contribution in [3.8, 4) is 5.75 Å². The third kappa shape index (κ3) is 3.38. The van der Waals surface area contributed by atoms with E-state index in [0.717, 1.165) is 0 Å². The van der Waals surface area contributed by atoms with Crippen LogP contribution in [0.3, 0.4) is 0 Å². The number of carbonyl (C=O) groups excluding carboxylic acids is 2. The van der Waals surface area contributed by atoms with E-state index in [-0.39, 0.29) is 5.78 Å². The molecular weight excluding hydrogens is 246 g/mol. The number of oxime groups is 1. The molecule has 5 nitrogen and oxygen atoms in total. The third-order valence-electron chi connectivity index (χ3n) is 2.38. The number of methoxy groups -OCH3 is 1. The Morgan fingerprint density at radius 2 is 1.89 bits per heavy atom. The van der Waals surface area contributed by atoms with Crippen molar-refractivity contribution in [2.24, 2.45) is 5.16 Å². The number of hydrogen-bond donors (Lipinski definition) is 0. The summed E-state index contributed by atoms with van der Waals surface area (Å²) in [5.41, 5.74) is 0.736. The van der Waals surface area contributed by atoms with Crippen LogP contribution in [-0.4, -0.2) is 24.6 Å². The fraction of sp³-hybridized carbons (Fsp3) is 0.0714. The van der Waals surface area contributed by atoms with Crippen molar-refractivity contribution in [1.82, 2.24) is 0 Å². The average Bonchev–Trinajstić information content (AvgIpc) is 2.46. The van der Waals surface area contributed by atoms with Crippen molar-refractivity contribution in [3.63, 3.8) is 0 Å². The highest BCUT2D eigenvalue weighted by Gasteiger charge is 2.09. The highest BCUT2D eigenvalue weighted by Crippen LogP contribution is 2.13. The summed E-state index contributed by atoms with van der Waals surface area (Å²) < 4.78 is 5.01. The van der Waals surface area contributed by atoms with Gasteiger partial charge in [-0.2, -0.15) is 0 Å². The van der Waals surface area contributed by atoms with Gasteiger partial charge in [-0.25, -0.2) is 4.79 Å². The number of benzene rings is 1. The lowest BCUT2D eigenvalue weighted by Gasteiger charge is -2.02. The lowest BCUT2D eigenvalue weighted by molar-refractivity contribution is -0.110. The van der Waals surface area contributed by atoms with Crippen LogP contribution in [0.15, 0.2) is 53.7 Å². The van der Waals surface area contributed by atoms with Gasteiger partial charge in [0.05, 0.1) is 12.7 Å². The van der Waals surface area contributed by atoms with E-state index >= 15 is 0 Å². The SMILES string of the molecule is COc1cccc(C(=O)ON=C2C=CC(=O)C=C2)c1. The standard InChI is InChI=1S/C14H11NO4/c1-18-13-4-2-3-10(9-13)14(17)19-15-11-5-7-12(16)8-6-11/h2-9H,1H3. The van der Waals surface area contributed by atoms with E-state index in [9.17, 15) is 9.59 Å². The quantitative estimate of drug-likeness (QED) is 0.471. The van der Waals surface area contributed by atoms with Gasteiger partial charge in [0, 0.05) is 0 Å². The Morgan fingerprint density at radius 1 is 1.16 bits per heavy atom. The first kappa shape index (κ1) is 12.8.